The van der Waals surface area contributed by atoms with Crippen molar-refractivity contribution in [1.82, 2.24) is 14.5 Å². The summed E-state index contributed by atoms with van der Waals surface area (Å²) in [4.78, 5) is 6.99. The van der Waals surface area contributed by atoms with E-state index in [-0.39, 0.29) is 0 Å². The maximum atomic E-state index is 9.57. The molecule has 0 saturated heterocycles. The second-order valence-electron chi connectivity index (χ2n) is 6.41. The first-order chi connectivity index (χ1) is 12.3. The number of imidazole rings is 1. The zero-order valence-corrected chi connectivity index (χ0v) is 14.1. The molecule has 0 amide bonds. The number of nitrogens with zero attached hydrogens (tertiary/aromatic N) is 3. The Balaban J connectivity index is 1.39. The highest BCUT2D eigenvalue weighted by atomic mass is 16.3. The molecule has 0 atom stereocenters. The van der Waals surface area contributed by atoms with Crippen molar-refractivity contribution in [3.05, 3.63) is 72.1 Å². The number of benzene rings is 2. The molecule has 2 N–H and O–H groups in total. The fourth-order valence-electron chi connectivity index (χ4n) is 3.28. The van der Waals surface area contributed by atoms with Crippen LogP contribution in [0.2, 0.25) is 0 Å². The zero-order valence-electron chi connectivity index (χ0n) is 14.1. The van der Waals surface area contributed by atoms with Gasteiger partial charge in [-0.25, -0.2) is 4.98 Å². The molecule has 0 radical (unpaired) electrons. The van der Waals surface area contributed by atoms with Gasteiger partial charge in [0.2, 0.25) is 5.95 Å². The van der Waals surface area contributed by atoms with E-state index in [2.05, 4.69) is 25.8 Å². The lowest BCUT2D eigenvalue weighted by Crippen LogP contribution is -2.35. The Bertz CT molecular complexity index is 844. The first-order valence-electron chi connectivity index (χ1n) is 8.65. The normalized spacial score (nSPS) is 14.2. The highest BCUT2D eigenvalue weighted by Gasteiger charge is 2.19. The molecular weight excluding hydrogens is 312 g/mol. The molecule has 5 heteroatoms. The number of aromatic nitrogens is 2. The van der Waals surface area contributed by atoms with Crippen LogP contribution in [-0.2, 0) is 19.5 Å². The van der Waals surface area contributed by atoms with E-state index in [1.807, 2.05) is 48.7 Å². The van der Waals surface area contributed by atoms with E-state index in [9.17, 15) is 5.11 Å². The highest BCUT2D eigenvalue weighted by molar-refractivity contribution is 5.53. The molecule has 1 aliphatic heterocycles. The summed E-state index contributed by atoms with van der Waals surface area (Å²) in [5.74, 6) is 1.25. The summed E-state index contributed by atoms with van der Waals surface area (Å²) in [5, 5.41) is 13.0. The van der Waals surface area contributed by atoms with Crippen molar-refractivity contribution in [2.75, 3.05) is 18.4 Å². The monoisotopic (exact) mass is 334 g/mol. The van der Waals surface area contributed by atoms with Gasteiger partial charge in [-0.2, -0.15) is 0 Å². The van der Waals surface area contributed by atoms with Gasteiger partial charge in [0.15, 0.2) is 0 Å². The number of anilines is 2. The number of para-hydroxylation sites is 1. The van der Waals surface area contributed by atoms with Gasteiger partial charge in [-0.3, -0.25) is 4.90 Å². The Morgan fingerprint density at radius 1 is 1.04 bits per heavy atom. The molecule has 0 aliphatic carbocycles. The van der Waals surface area contributed by atoms with E-state index in [0.717, 1.165) is 44.2 Å². The van der Waals surface area contributed by atoms with E-state index < -0.39 is 0 Å². The molecule has 0 unspecified atom stereocenters. The van der Waals surface area contributed by atoms with Crippen molar-refractivity contribution in [1.29, 1.82) is 0 Å². The largest absolute Gasteiger partial charge is 0.508 e. The predicted molar refractivity (Wildman–Crippen MR) is 99.0 cm³/mol. The number of rotatable bonds is 5. The fourth-order valence-corrected chi connectivity index (χ4v) is 3.28. The van der Waals surface area contributed by atoms with E-state index in [1.165, 1.54) is 11.3 Å². The Kier molecular flexibility index (Phi) is 4.39. The molecular formula is C20H22N4O. The minimum Gasteiger partial charge on any atom is -0.508 e. The molecule has 1 aliphatic rings. The lowest BCUT2D eigenvalue weighted by molar-refractivity contribution is 0.225. The average molecular weight is 334 g/mol. The van der Waals surface area contributed by atoms with Crippen LogP contribution in [-0.4, -0.2) is 32.6 Å². The van der Waals surface area contributed by atoms with Crippen molar-refractivity contribution in [2.45, 2.75) is 19.5 Å². The van der Waals surface area contributed by atoms with Crippen LogP contribution in [0.4, 0.5) is 11.6 Å². The summed E-state index contributed by atoms with van der Waals surface area (Å²) in [6.45, 7) is 3.83. The van der Waals surface area contributed by atoms with Crippen LogP contribution in [0.3, 0.4) is 0 Å². The minimum absolute atomic E-state index is 0.339. The van der Waals surface area contributed by atoms with Gasteiger partial charge in [-0.1, -0.05) is 30.3 Å². The molecule has 0 saturated carbocycles. The molecule has 4 rings (SSSR count). The Morgan fingerprint density at radius 3 is 2.76 bits per heavy atom. The maximum Gasteiger partial charge on any atom is 0.207 e. The average Bonchev–Trinajstić information content (AvgIpc) is 3.03. The number of fused-ring (bicyclic) bond motifs is 1. The number of phenolic OH excluding ortho intramolecular Hbond substituents is 1. The van der Waals surface area contributed by atoms with Gasteiger partial charge < -0.3 is 15.0 Å². The Labute approximate surface area is 147 Å². The molecule has 2 aromatic carbocycles. The summed E-state index contributed by atoms with van der Waals surface area (Å²) >= 11 is 0. The standard InChI is InChI=1S/C20H22N4O/c25-19-8-4-5-16(13-19)9-10-23-11-12-24-18(15-23)14-21-20(24)22-17-6-2-1-3-7-17/h1-8,13-14,25H,9-12,15H2,(H,21,22). The van der Waals surface area contributed by atoms with E-state index in [4.69, 9.17) is 0 Å². The number of nitrogens with one attached hydrogen (secondary N) is 1. The van der Waals surface area contributed by atoms with Crippen molar-refractivity contribution in [3.63, 3.8) is 0 Å². The van der Waals surface area contributed by atoms with Gasteiger partial charge in [-0.05, 0) is 36.2 Å². The van der Waals surface area contributed by atoms with Gasteiger partial charge in [-0.15, -0.1) is 0 Å². The third kappa shape index (κ3) is 3.67. The summed E-state index contributed by atoms with van der Waals surface area (Å²) in [5.41, 5.74) is 3.47. The molecule has 5 nitrogen and oxygen atoms in total. The van der Waals surface area contributed by atoms with Crippen molar-refractivity contribution >= 4 is 11.6 Å². The van der Waals surface area contributed by atoms with Crippen LogP contribution in [0.15, 0.2) is 60.8 Å². The molecule has 0 fully saturated rings. The third-order valence-electron chi connectivity index (χ3n) is 4.62. The second-order valence-corrected chi connectivity index (χ2v) is 6.41. The van der Waals surface area contributed by atoms with Gasteiger partial charge in [0.25, 0.3) is 0 Å². The number of phenols is 1. The van der Waals surface area contributed by atoms with E-state index in [1.54, 1.807) is 6.07 Å². The maximum absolute atomic E-state index is 9.57. The molecule has 128 valence electrons. The number of hydrogen-bond acceptors (Lipinski definition) is 4. The lowest BCUT2D eigenvalue weighted by Gasteiger charge is -2.28. The summed E-state index contributed by atoms with van der Waals surface area (Å²) < 4.78 is 2.26. The molecule has 25 heavy (non-hydrogen) atoms. The third-order valence-corrected chi connectivity index (χ3v) is 4.62. The number of hydrogen-bond donors (Lipinski definition) is 2. The smallest absolute Gasteiger partial charge is 0.207 e. The fraction of sp³-hybridized carbons (Fsp3) is 0.250. The van der Waals surface area contributed by atoms with Crippen molar-refractivity contribution in [3.8, 4) is 5.75 Å². The summed E-state index contributed by atoms with van der Waals surface area (Å²) in [7, 11) is 0. The molecule has 1 aromatic heterocycles. The predicted octanol–water partition coefficient (Wildman–Crippen LogP) is 3.39. The summed E-state index contributed by atoms with van der Waals surface area (Å²) in [6, 6.07) is 17.7. The van der Waals surface area contributed by atoms with Crippen molar-refractivity contribution < 1.29 is 5.11 Å². The molecule has 3 aromatic rings. The topological polar surface area (TPSA) is 53.3 Å². The molecule has 0 bridgehead atoms. The van der Waals surface area contributed by atoms with Gasteiger partial charge in [0, 0.05) is 31.9 Å². The van der Waals surface area contributed by atoms with Gasteiger partial charge in [0.1, 0.15) is 5.75 Å². The Morgan fingerprint density at radius 2 is 1.92 bits per heavy atom. The molecule has 0 spiro atoms. The van der Waals surface area contributed by atoms with Crippen LogP contribution in [0.25, 0.3) is 0 Å². The first-order valence-corrected chi connectivity index (χ1v) is 8.65. The zero-order chi connectivity index (χ0) is 17.1. The Hall–Kier alpha value is -2.79. The van der Waals surface area contributed by atoms with Crippen LogP contribution in [0.1, 0.15) is 11.3 Å². The van der Waals surface area contributed by atoms with Crippen LogP contribution < -0.4 is 5.32 Å². The quantitative estimate of drug-likeness (QED) is 0.751. The SMILES string of the molecule is Oc1cccc(CCN2CCn3c(cnc3Nc3ccccc3)C2)c1. The van der Waals surface area contributed by atoms with Gasteiger partial charge >= 0.3 is 0 Å². The summed E-state index contributed by atoms with van der Waals surface area (Å²) in [6.07, 6.45) is 2.91. The van der Waals surface area contributed by atoms with Crippen LogP contribution >= 0.6 is 0 Å². The minimum atomic E-state index is 0.339. The number of aromatic hydroxyl groups is 1. The lowest BCUT2D eigenvalue weighted by atomic mass is 10.1. The van der Waals surface area contributed by atoms with Crippen LogP contribution in [0.5, 0.6) is 5.75 Å². The first kappa shape index (κ1) is 15.7. The highest BCUT2D eigenvalue weighted by Crippen LogP contribution is 2.21. The molecule has 2 heterocycles. The van der Waals surface area contributed by atoms with Crippen molar-refractivity contribution in [2.24, 2.45) is 0 Å². The van der Waals surface area contributed by atoms with Gasteiger partial charge in [0.05, 0.1) is 11.9 Å². The second kappa shape index (κ2) is 6.99. The van der Waals surface area contributed by atoms with Crippen LogP contribution in [0, 0.1) is 0 Å². The van der Waals surface area contributed by atoms with E-state index in [0.29, 0.717) is 5.75 Å². The van der Waals surface area contributed by atoms with E-state index >= 15 is 0 Å².